The van der Waals surface area contributed by atoms with Gasteiger partial charge in [-0.3, -0.25) is 0 Å². The first-order valence-electron chi connectivity index (χ1n) is 7.32. The molecule has 2 heterocycles. The fraction of sp³-hybridized carbons (Fsp3) is 0.294. The smallest absolute Gasteiger partial charge is 0.150 e. The molecule has 1 fully saturated rings. The van der Waals surface area contributed by atoms with E-state index in [-0.39, 0.29) is 17.9 Å². The van der Waals surface area contributed by atoms with Crippen molar-refractivity contribution in [3.05, 3.63) is 53.8 Å². The number of fused-ring (bicyclic) bond motifs is 5. The van der Waals surface area contributed by atoms with Crippen molar-refractivity contribution < 1.29 is 9.13 Å². The molecule has 2 aromatic rings. The molecule has 2 N–H and O–H groups in total. The number of hydrogen-bond donors (Lipinski definition) is 1. The highest BCUT2D eigenvalue weighted by atomic mass is 19.1. The molecular formula is C17H17FN2O. The van der Waals surface area contributed by atoms with Gasteiger partial charge in [-0.25, -0.2) is 4.39 Å². The highest BCUT2D eigenvalue weighted by molar-refractivity contribution is 5.65. The van der Waals surface area contributed by atoms with E-state index < -0.39 is 0 Å². The SMILES string of the molecule is N[C@H]1CCCN2c3cc(F)ccc3Oc3ccccc3[C@@H]12. The van der Waals surface area contributed by atoms with Crippen molar-refractivity contribution in [1.29, 1.82) is 0 Å². The zero-order valence-corrected chi connectivity index (χ0v) is 11.6. The Morgan fingerprint density at radius 3 is 2.90 bits per heavy atom. The van der Waals surface area contributed by atoms with E-state index in [0.29, 0.717) is 5.75 Å². The molecule has 0 radical (unpaired) electrons. The van der Waals surface area contributed by atoms with Gasteiger partial charge in [-0.2, -0.15) is 0 Å². The van der Waals surface area contributed by atoms with Gasteiger partial charge in [-0.05, 0) is 31.0 Å². The van der Waals surface area contributed by atoms with Gasteiger partial charge in [0.1, 0.15) is 11.6 Å². The first-order valence-corrected chi connectivity index (χ1v) is 7.32. The van der Waals surface area contributed by atoms with E-state index >= 15 is 0 Å². The van der Waals surface area contributed by atoms with E-state index in [1.807, 2.05) is 18.2 Å². The van der Waals surface area contributed by atoms with Gasteiger partial charge < -0.3 is 15.4 Å². The summed E-state index contributed by atoms with van der Waals surface area (Å²) in [7, 11) is 0. The Morgan fingerprint density at radius 1 is 1.14 bits per heavy atom. The number of anilines is 1. The minimum atomic E-state index is -0.249. The molecule has 4 rings (SSSR count). The zero-order chi connectivity index (χ0) is 14.4. The topological polar surface area (TPSA) is 38.5 Å². The Morgan fingerprint density at radius 2 is 2.00 bits per heavy atom. The van der Waals surface area contributed by atoms with Crippen molar-refractivity contribution in [2.45, 2.75) is 24.9 Å². The van der Waals surface area contributed by atoms with Crippen LogP contribution in [0.4, 0.5) is 10.1 Å². The molecule has 0 bridgehead atoms. The number of halogens is 1. The van der Waals surface area contributed by atoms with Gasteiger partial charge in [0, 0.05) is 24.2 Å². The summed E-state index contributed by atoms with van der Waals surface area (Å²) in [6, 6.07) is 12.7. The summed E-state index contributed by atoms with van der Waals surface area (Å²) in [6.07, 6.45) is 1.98. The van der Waals surface area contributed by atoms with Gasteiger partial charge in [0.2, 0.25) is 0 Å². The predicted octanol–water partition coefficient (Wildman–Crippen LogP) is 3.60. The molecule has 2 aromatic carbocycles. The van der Waals surface area contributed by atoms with Crippen molar-refractivity contribution >= 4 is 5.69 Å². The van der Waals surface area contributed by atoms with Gasteiger partial charge in [-0.15, -0.1) is 0 Å². The maximum atomic E-state index is 13.7. The Kier molecular flexibility index (Phi) is 2.86. The van der Waals surface area contributed by atoms with Gasteiger partial charge in [0.15, 0.2) is 5.75 Å². The number of hydrogen-bond acceptors (Lipinski definition) is 3. The molecule has 1 saturated heterocycles. The van der Waals surface area contributed by atoms with E-state index in [9.17, 15) is 4.39 Å². The Balaban J connectivity index is 1.94. The highest BCUT2D eigenvalue weighted by Crippen LogP contribution is 2.47. The number of piperidine rings is 1. The van der Waals surface area contributed by atoms with E-state index in [0.717, 1.165) is 36.4 Å². The van der Waals surface area contributed by atoms with Crippen LogP contribution in [0, 0.1) is 5.82 Å². The van der Waals surface area contributed by atoms with Gasteiger partial charge in [-0.1, -0.05) is 18.2 Å². The predicted molar refractivity (Wildman–Crippen MR) is 80.2 cm³/mol. The molecule has 2 atom stereocenters. The van der Waals surface area contributed by atoms with Crippen LogP contribution < -0.4 is 15.4 Å². The monoisotopic (exact) mass is 284 g/mol. The molecule has 0 aliphatic carbocycles. The normalized spacial score (nSPS) is 23.4. The Labute approximate surface area is 123 Å². The van der Waals surface area contributed by atoms with Crippen LogP contribution in [-0.2, 0) is 0 Å². The average molecular weight is 284 g/mol. The summed E-state index contributed by atoms with van der Waals surface area (Å²) in [5.74, 6) is 1.26. The van der Waals surface area contributed by atoms with Crippen LogP contribution >= 0.6 is 0 Å². The van der Waals surface area contributed by atoms with Gasteiger partial charge in [0.25, 0.3) is 0 Å². The van der Waals surface area contributed by atoms with Crippen molar-refractivity contribution in [1.82, 2.24) is 0 Å². The number of nitrogens with two attached hydrogens (primary N) is 1. The van der Waals surface area contributed by atoms with Crippen molar-refractivity contribution in [2.24, 2.45) is 5.73 Å². The molecule has 2 aliphatic heterocycles. The lowest BCUT2D eigenvalue weighted by molar-refractivity contribution is 0.408. The van der Waals surface area contributed by atoms with E-state index in [1.54, 1.807) is 12.1 Å². The van der Waals surface area contributed by atoms with Gasteiger partial charge in [0.05, 0.1) is 11.7 Å². The van der Waals surface area contributed by atoms with Crippen LogP contribution in [0.3, 0.4) is 0 Å². The number of para-hydroxylation sites is 1. The molecule has 0 amide bonds. The number of rotatable bonds is 0. The molecule has 21 heavy (non-hydrogen) atoms. The van der Waals surface area contributed by atoms with E-state index in [2.05, 4.69) is 11.0 Å². The number of ether oxygens (including phenoxy) is 1. The summed E-state index contributed by atoms with van der Waals surface area (Å²) in [4.78, 5) is 2.19. The van der Waals surface area contributed by atoms with Crippen LogP contribution in [0.2, 0.25) is 0 Å². The zero-order valence-electron chi connectivity index (χ0n) is 11.6. The third-order valence-corrected chi connectivity index (χ3v) is 4.37. The van der Waals surface area contributed by atoms with Crippen molar-refractivity contribution in [3.8, 4) is 11.5 Å². The molecule has 3 nitrogen and oxygen atoms in total. The van der Waals surface area contributed by atoms with Gasteiger partial charge >= 0.3 is 0 Å². The van der Waals surface area contributed by atoms with Crippen molar-refractivity contribution in [2.75, 3.05) is 11.4 Å². The molecule has 0 saturated carbocycles. The Hall–Kier alpha value is -2.07. The van der Waals surface area contributed by atoms with E-state index in [4.69, 9.17) is 10.5 Å². The molecule has 2 aliphatic rings. The van der Waals surface area contributed by atoms with Crippen LogP contribution in [0.5, 0.6) is 11.5 Å². The second-order valence-electron chi connectivity index (χ2n) is 5.70. The largest absolute Gasteiger partial charge is 0.455 e. The summed E-state index contributed by atoms with van der Waals surface area (Å²) >= 11 is 0. The summed E-state index contributed by atoms with van der Waals surface area (Å²) in [5, 5.41) is 0. The number of nitrogens with zero attached hydrogens (tertiary/aromatic N) is 1. The minimum absolute atomic E-state index is 0.0257. The fourth-order valence-corrected chi connectivity index (χ4v) is 3.43. The van der Waals surface area contributed by atoms with Crippen LogP contribution in [-0.4, -0.2) is 12.6 Å². The first-order chi connectivity index (χ1) is 10.2. The molecule has 108 valence electrons. The third kappa shape index (κ3) is 1.98. The minimum Gasteiger partial charge on any atom is -0.455 e. The maximum Gasteiger partial charge on any atom is 0.150 e. The summed E-state index contributed by atoms with van der Waals surface area (Å²) < 4.78 is 19.7. The fourth-order valence-electron chi connectivity index (χ4n) is 3.43. The second-order valence-corrected chi connectivity index (χ2v) is 5.70. The molecule has 4 heteroatoms. The quantitative estimate of drug-likeness (QED) is 0.803. The van der Waals surface area contributed by atoms with Crippen molar-refractivity contribution in [3.63, 3.8) is 0 Å². The summed E-state index contributed by atoms with van der Waals surface area (Å²) in [6.45, 7) is 0.868. The molecule has 0 unspecified atom stereocenters. The maximum absolute atomic E-state index is 13.7. The van der Waals surface area contributed by atoms with Crippen LogP contribution in [0.1, 0.15) is 24.4 Å². The van der Waals surface area contributed by atoms with Crippen LogP contribution in [0.25, 0.3) is 0 Å². The first kappa shape index (κ1) is 12.7. The lowest BCUT2D eigenvalue weighted by atomic mass is 9.90. The standard InChI is InChI=1S/C17H17FN2O/c18-11-7-8-16-14(10-11)20-9-3-5-13(19)17(20)12-4-1-2-6-15(12)21-16/h1-2,4,6-8,10,13,17H,3,5,9,19H2/t13-,17-/m0/s1. The molecular weight excluding hydrogens is 267 g/mol. The average Bonchev–Trinajstić information content (AvgIpc) is 2.63. The lowest BCUT2D eigenvalue weighted by Gasteiger charge is -2.40. The lowest BCUT2D eigenvalue weighted by Crippen LogP contribution is -2.45. The molecule has 0 aromatic heterocycles. The second kappa shape index (κ2) is 4.74. The number of benzene rings is 2. The third-order valence-electron chi connectivity index (χ3n) is 4.37. The Bertz CT molecular complexity index is 688. The highest BCUT2D eigenvalue weighted by Gasteiger charge is 2.36. The summed E-state index contributed by atoms with van der Waals surface area (Å²) in [5.41, 5.74) is 8.26. The van der Waals surface area contributed by atoms with Crippen LogP contribution in [0.15, 0.2) is 42.5 Å². The van der Waals surface area contributed by atoms with E-state index in [1.165, 1.54) is 6.07 Å². The molecule has 0 spiro atoms.